The van der Waals surface area contributed by atoms with Crippen LogP contribution in [0.2, 0.25) is 0 Å². The molecular weight excluding hydrogens is 461 g/mol. The number of hydrogen-bond acceptors (Lipinski definition) is 6. The zero-order valence-corrected chi connectivity index (χ0v) is 19.2. The molecule has 5 N–H and O–H groups in total. The van der Waals surface area contributed by atoms with Gasteiger partial charge in [-0.25, -0.2) is 0 Å². The van der Waals surface area contributed by atoms with E-state index in [9.17, 15) is 21.6 Å². The van der Waals surface area contributed by atoms with Crippen molar-refractivity contribution in [3.8, 4) is 0 Å². The Morgan fingerprint density at radius 1 is 1.18 bits per heavy atom. The van der Waals surface area contributed by atoms with Crippen LogP contribution >= 0.6 is 0 Å². The zero-order valence-electron chi connectivity index (χ0n) is 18.4. The highest BCUT2D eigenvalue weighted by Gasteiger charge is 2.46. The second-order valence-electron chi connectivity index (χ2n) is 7.27. The Hall–Kier alpha value is -2.71. The molecule has 1 aromatic heterocycles. The van der Waals surface area contributed by atoms with Crippen LogP contribution in [0.3, 0.4) is 0 Å². The Morgan fingerprint density at radius 2 is 1.91 bits per heavy atom. The molecule has 1 aliphatic rings. The van der Waals surface area contributed by atoms with E-state index < -0.39 is 15.5 Å². The first-order chi connectivity index (χ1) is 15.6. The Balaban J connectivity index is 2.12. The van der Waals surface area contributed by atoms with Gasteiger partial charge in [-0.3, -0.25) is 9.29 Å². The maximum absolute atomic E-state index is 13.1. The van der Waals surface area contributed by atoms with Gasteiger partial charge in [0, 0.05) is 25.3 Å². The number of benzene rings is 1. The quantitative estimate of drug-likeness (QED) is 0.390. The Kier molecular flexibility index (Phi) is 7.29. The van der Waals surface area contributed by atoms with Crippen LogP contribution < -0.4 is 20.3 Å². The van der Waals surface area contributed by atoms with Crippen LogP contribution in [0.4, 0.5) is 47.8 Å². The van der Waals surface area contributed by atoms with Crippen LogP contribution in [0.5, 0.6) is 0 Å². The summed E-state index contributed by atoms with van der Waals surface area (Å²) in [5.41, 5.74) is -4.30. The highest BCUT2D eigenvalue weighted by atomic mass is 32.2. The fourth-order valence-corrected chi connectivity index (χ4v) is 4.28. The number of aromatic nitrogens is 2. The lowest BCUT2D eigenvalue weighted by Gasteiger charge is -2.31. The van der Waals surface area contributed by atoms with Crippen molar-refractivity contribution in [1.29, 1.82) is 0 Å². The molecule has 0 spiro atoms. The normalized spacial score (nSPS) is 14.7. The molecule has 2 heterocycles. The van der Waals surface area contributed by atoms with Crippen LogP contribution in [0.1, 0.15) is 25.8 Å². The summed E-state index contributed by atoms with van der Waals surface area (Å²) in [4.78, 5) is 6.30. The molecule has 0 saturated heterocycles. The molecule has 0 aliphatic carbocycles. The number of rotatable bonds is 8. The lowest BCUT2D eigenvalue weighted by molar-refractivity contribution is -0.547. The van der Waals surface area contributed by atoms with Crippen molar-refractivity contribution in [2.75, 3.05) is 22.7 Å². The average Bonchev–Trinajstić information content (AvgIpc) is 3.12. The summed E-state index contributed by atoms with van der Waals surface area (Å²) in [6, 6.07) is 2.95. The van der Waals surface area contributed by atoms with Crippen molar-refractivity contribution in [3.63, 3.8) is 0 Å². The average molecular weight is 489 g/mol. The minimum atomic E-state index is -5.65. The SMILES string of the molecule is [CH2-][NH2+]c1nc(N=Nc2cc3c(cc2NS(=O)(=O)C(F)(F)F)N(CC)CCC3)n(CC)c1[NH2+][CH2-]. The number of nitrogens with zero attached hydrogens (tertiary/aromatic N) is 5. The number of hydrogen-bond donors (Lipinski definition) is 3. The number of azo groups is 1. The third-order valence-electron chi connectivity index (χ3n) is 5.31. The number of sulfonamides is 1. The van der Waals surface area contributed by atoms with Crippen LogP contribution in [-0.4, -0.2) is 36.6 Å². The summed E-state index contributed by atoms with van der Waals surface area (Å²) in [6.45, 7) is 5.61. The van der Waals surface area contributed by atoms with Gasteiger partial charge in [0.2, 0.25) is 0 Å². The lowest BCUT2D eigenvalue weighted by atomic mass is 10.0. The van der Waals surface area contributed by atoms with E-state index in [4.69, 9.17) is 0 Å². The minimum Gasteiger partial charge on any atom is -0.424 e. The molecule has 0 saturated carbocycles. The standard InChI is InChI=1S/C19H27F3N8O2S/c1-5-29-9-7-8-12-10-13(14(11-15(12)29)28-33(31,32)19(20,21)22)26-27-18-25-16(23-3)17(24-4)30(18)6-2/h10-11,28H,3-9,23-24H2,1-2H3. The first-order valence-electron chi connectivity index (χ1n) is 10.3. The number of nitrogens with one attached hydrogen (secondary N) is 1. The molecule has 0 fully saturated rings. The summed E-state index contributed by atoms with van der Waals surface area (Å²) in [5.74, 6) is 1.39. The summed E-state index contributed by atoms with van der Waals surface area (Å²) in [7, 11) is 1.81. The van der Waals surface area contributed by atoms with Gasteiger partial charge in [-0.1, -0.05) is 0 Å². The van der Waals surface area contributed by atoms with Crippen molar-refractivity contribution in [3.05, 3.63) is 31.8 Å². The van der Waals surface area contributed by atoms with E-state index in [-0.39, 0.29) is 17.3 Å². The smallest absolute Gasteiger partial charge is 0.424 e. The molecule has 14 heteroatoms. The number of quaternary nitrogens is 2. The number of anilines is 2. The monoisotopic (exact) mass is 488 g/mol. The topological polar surface area (TPSA) is 125 Å². The molecule has 182 valence electrons. The first-order valence-corrected chi connectivity index (χ1v) is 11.8. The summed E-state index contributed by atoms with van der Waals surface area (Å²) in [6.07, 6.45) is 1.54. The summed E-state index contributed by atoms with van der Waals surface area (Å²) < 4.78 is 66.2. The molecule has 10 nitrogen and oxygen atoms in total. The molecule has 0 bridgehead atoms. The van der Waals surface area contributed by atoms with E-state index in [2.05, 4.69) is 29.3 Å². The second-order valence-corrected chi connectivity index (χ2v) is 8.94. The highest BCUT2D eigenvalue weighted by molar-refractivity contribution is 7.93. The Morgan fingerprint density at radius 3 is 2.48 bits per heavy atom. The molecule has 33 heavy (non-hydrogen) atoms. The molecule has 1 aliphatic heterocycles. The van der Waals surface area contributed by atoms with E-state index in [1.165, 1.54) is 11.4 Å². The van der Waals surface area contributed by atoms with Gasteiger partial charge in [0.15, 0.2) is 0 Å². The van der Waals surface area contributed by atoms with Crippen molar-refractivity contribution < 1.29 is 32.2 Å². The minimum absolute atomic E-state index is 0.0366. The lowest BCUT2D eigenvalue weighted by Crippen LogP contribution is -2.77. The summed E-state index contributed by atoms with van der Waals surface area (Å²) >= 11 is 0. The predicted octanol–water partition coefficient (Wildman–Crippen LogP) is 2.33. The largest absolute Gasteiger partial charge is 0.516 e. The zero-order chi connectivity index (χ0) is 24.4. The van der Waals surface area contributed by atoms with Crippen molar-refractivity contribution in [2.45, 2.75) is 38.7 Å². The van der Waals surface area contributed by atoms with Gasteiger partial charge >= 0.3 is 15.5 Å². The van der Waals surface area contributed by atoms with Gasteiger partial charge in [0.1, 0.15) is 5.69 Å². The predicted molar refractivity (Wildman–Crippen MR) is 117 cm³/mol. The number of nitrogens with two attached hydrogens (primary N) is 2. The van der Waals surface area contributed by atoms with Gasteiger partial charge < -0.3 is 15.5 Å². The first kappa shape index (κ1) is 24.9. The van der Waals surface area contributed by atoms with Gasteiger partial charge in [0.25, 0.3) is 17.6 Å². The second kappa shape index (κ2) is 9.65. The van der Waals surface area contributed by atoms with Gasteiger partial charge in [-0.05, 0) is 44.4 Å². The molecular formula is C19H27F3N8O2S. The van der Waals surface area contributed by atoms with Gasteiger partial charge in [-0.2, -0.15) is 26.6 Å². The number of alkyl halides is 3. The van der Waals surface area contributed by atoms with Crippen molar-refractivity contribution >= 4 is 44.7 Å². The fraction of sp³-hybridized carbons (Fsp3) is 0.421. The molecule has 1 aromatic carbocycles. The number of imidazole rings is 1. The summed E-state index contributed by atoms with van der Waals surface area (Å²) in [5, 5.41) is 11.3. The maximum atomic E-state index is 13.1. The van der Waals surface area contributed by atoms with Crippen molar-refractivity contribution in [1.82, 2.24) is 9.55 Å². The van der Waals surface area contributed by atoms with Gasteiger partial charge in [-0.15, -0.1) is 24.3 Å². The van der Waals surface area contributed by atoms with Crippen LogP contribution in [0.15, 0.2) is 22.4 Å². The molecule has 0 unspecified atom stereocenters. The Bertz CT molecular complexity index is 1140. The number of halogens is 3. The molecule has 0 amide bonds. The van der Waals surface area contributed by atoms with Crippen LogP contribution in [0.25, 0.3) is 0 Å². The molecule has 2 aromatic rings. The van der Waals surface area contributed by atoms with Gasteiger partial charge in [0.05, 0.1) is 5.69 Å². The van der Waals surface area contributed by atoms with E-state index in [1.807, 2.05) is 18.7 Å². The van der Waals surface area contributed by atoms with Crippen LogP contribution in [0, 0.1) is 14.1 Å². The van der Waals surface area contributed by atoms with E-state index in [1.54, 1.807) is 20.7 Å². The van der Waals surface area contributed by atoms with Crippen LogP contribution in [-0.2, 0) is 23.0 Å². The van der Waals surface area contributed by atoms with Crippen molar-refractivity contribution in [2.24, 2.45) is 10.2 Å². The Labute approximate surface area is 190 Å². The fourth-order valence-electron chi connectivity index (χ4n) is 3.71. The third-order valence-corrected chi connectivity index (χ3v) is 6.41. The maximum Gasteiger partial charge on any atom is 0.516 e. The molecule has 0 radical (unpaired) electrons. The van der Waals surface area contributed by atoms with E-state index in [0.29, 0.717) is 36.8 Å². The molecule has 0 atom stereocenters. The number of aryl methyl sites for hydroxylation is 1. The number of fused-ring (bicyclic) bond motifs is 1. The highest BCUT2D eigenvalue weighted by Crippen LogP contribution is 2.39. The molecule has 3 rings (SSSR count). The van der Waals surface area contributed by atoms with E-state index >= 15 is 0 Å². The third kappa shape index (κ3) is 4.96. The van der Waals surface area contributed by atoms with E-state index in [0.717, 1.165) is 18.5 Å².